The van der Waals surface area contributed by atoms with Crippen molar-refractivity contribution in [3.8, 4) is 17.0 Å². The van der Waals surface area contributed by atoms with E-state index in [-0.39, 0.29) is 11.3 Å². The van der Waals surface area contributed by atoms with Crippen LogP contribution in [0.2, 0.25) is 0 Å². The molecular formula is C32H34BrN3O2. The van der Waals surface area contributed by atoms with Crippen molar-refractivity contribution in [3.05, 3.63) is 94.0 Å². The normalized spacial score (nSPS) is 14.6. The molecule has 5 nitrogen and oxygen atoms in total. The van der Waals surface area contributed by atoms with E-state index in [4.69, 9.17) is 9.72 Å². The minimum absolute atomic E-state index is 0.0424. The molecule has 0 aliphatic carbocycles. The molecular weight excluding hydrogens is 538 g/mol. The van der Waals surface area contributed by atoms with Gasteiger partial charge < -0.3 is 9.64 Å². The first-order valence-corrected chi connectivity index (χ1v) is 13.9. The Kier molecular flexibility index (Phi) is 7.55. The van der Waals surface area contributed by atoms with Gasteiger partial charge in [0.1, 0.15) is 5.75 Å². The van der Waals surface area contributed by atoms with Gasteiger partial charge in [0, 0.05) is 48.1 Å². The number of hydrogen-bond donors (Lipinski definition) is 0. The van der Waals surface area contributed by atoms with Crippen LogP contribution in [0.25, 0.3) is 22.2 Å². The largest absolute Gasteiger partial charge is 0.496 e. The van der Waals surface area contributed by atoms with E-state index < -0.39 is 0 Å². The number of piperazine rings is 1. The van der Waals surface area contributed by atoms with Gasteiger partial charge in [0.15, 0.2) is 0 Å². The van der Waals surface area contributed by atoms with Crippen molar-refractivity contribution in [3.63, 3.8) is 0 Å². The zero-order valence-electron chi connectivity index (χ0n) is 22.5. The van der Waals surface area contributed by atoms with Crippen molar-refractivity contribution < 1.29 is 9.53 Å². The number of carbonyl (C=O) groups excluding carboxylic acids is 1. The van der Waals surface area contributed by atoms with Gasteiger partial charge in [0.05, 0.1) is 23.9 Å². The maximum absolute atomic E-state index is 13.9. The maximum Gasteiger partial charge on any atom is 0.254 e. The van der Waals surface area contributed by atoms with Gasteiger partial charge in [-0.15, -0.1) is 0 Å². The first-order chi connectivity index (χ1) is 18.2. The fraction of sp³-hybridized carbons (Fsp3) is 0.312. The Morgan fingerprint density at radius 1 is 0.947 bits per heavy atom. The molecule has 1 fully saturated rings. The van der Waals surface area contributed by atoms with Gasteiger partial charge in [-0.2, -0.15) is 0 Å². The molecule has 0 N–H and O–H groups in total. The molecule has 38 heavy (non-hydrogen) atoms. The highest BCUT2D eigenvalue weighted by Gasteiger charge is 2.25. The summed E-state index contributed by atoms with van der Waals surface area (Å²) >= 11 is 3.57. The molecule has 1 aromatic heterocycles. The number of para-hydroxylation sites is 1. The topological polar surface area (TPSA) is 45.7 Å². The number of ether oxygens (including phenoxy) is 1. The zero-order chi connectivity index (χ0) is 26.9. The monoisotopic (exact) mass is 571 g/mol. The molecule has 1 aliphatic heterocycles. The van der Waals surface area contributed by atoms with Crippen molar-refractivity contribution in [1.82, 2.24) is 14.8 Å². The molecule has 0 saturated carbocycles. The van der Waals surface area contributed by atoms with Crippen LogP contribution in [0.4, 0.5) is 0 Å². The minimum Gasteiger partial charge on any atom is -0.496 e. The lowest BCUT2D eigenvalue weighted by Gasteiger charge is -2.35. The average Bonchev–Trinajstić information content (AvgIpc) is 2.92. The van der Waals surface area contributed by atoms with Gasteiger partial charge in [-0.25, -0.2) is 4.98 Å². The number of fused-ring (bicyclic) bond motifs is 1. The second-order valence-corrected chi connectivity index (χ2v) is 11.8. The number of carbonyl (C=O) groups is 1. The van der Waals surface area contributed by atoms with Crippen molar-refractivity contribution >= 4 is 32.7 Å². The summed E-state index contributed by atoms with van der Waals surface area (Å²) in [4.78, 5) is 23.2. The van der Waals surface area contributed by atoms with Crippen molar-refractivity contribution in [1.29, 1.82) is 0 Å². The number of rotatable bonds is 5. The fourth-order valence-electron chi connectivity index (χ4n) is 5.02. The first-order valence-electron chi connectivity index (χ1n) is 13.1. The SMILES string of the molecule is COc1ccccc1-c1cc(C(=O)N2CCN(Cc3ccc(C(C)(C)C)cc3)CC2)c2cc(Br)ccc2n1. The molecule has 6 heteroatoms. The highest BCUT2D eigenvalue weighted by molar-refractivity contribution is 9.10. The van der Waals surface area contributed by atoms with E-state index in [1.165, 1.54) is 11.1 Å². The van der Waals surface area contributed by atoms with Crippen LogP contribution in [0.5, 0.6) is 5.75 Å². The summed E-state index contributed by atoms with van der Waals surface area (Å²) < 4.78 is 6.51. The number of amides is 1. The van der Waals surface area contributed by atoms with E-state index in [1.807, 2.05) is 53.4 Å². The molecule has 0 radical (unpaired) electrons. The number of benzene rings is 3. The Morgan fingerprint density at radius 2 is 1.66 bits per heavy atom. The Labute approximate surface area is 233 Å². The lowest BCUT2D eigenvalue weighted by Crippen LogP contribution is -2.48. The Balaban J connectivity index is 1.36. The predicted molar refractivity (Wildman–Crippen MR) is 158 cm³/mol. The van der Waals surface area contributed by atoms with E-state index in [9.17, 15) is 4.79 Å². The third kappa shape index (κ3) is 5.62. The van der Waals surface area contributed by atoms with Crippen LogP contribution in [0.3, 0.4) is 0 Å². The van der Waals surface area contributed by atoms with E-state index >= 15 is 0 Å². The smallest absolute Gasteiger partial charge is 0.254 e. The van der Waals surface area contributed by atoms with E-state index in [0.717, 1.165) is 52.0 Å². The quantitative estimate of drug-likeness (QED) is 0.260. The third-order valence-electron chi connectivity index (χ3n) is 7.27. The average molecular weight is 573 g/mol. The van der Waals surface area contributed by atoms with Crippen LogP contribution in [0.1, 0.15) is 42.3 Å². The fourth-order valence-corrected chi connectivity index (χ4v) is 5.38. The molecule has 0 spiro atoms. The summed E-state index contributed by atoms with van der Waals surface area (Å²) in [7, 11) is 1.65. The molecule has 2 heterocycles. The summed E-state index contributed by atoms with van der Waals surface area (Å²) in [6.07, 6.45) is 0. The lowest BCUT2D eigenvalue weighted by molar-refractivity contribution is 0.0630. The predicted octanol–water partition coefficient (Wildman–Crippen LogP) is 6.93. The van der Waals surface area contributed by atoms with Gasteiger partial charge in [-0.05, 0) is 52.9 Å². The third-order valence-corrected chi connectivity index (χ3v) is 7.76. The molecule has 0 atom stereocenters. The summed E-state index contributed by atoms with van der Waals surface area (Å²) in [6.45, 7) is 10.7. The van der Waals surface area contributed by atoms with Gasteiger partial charge >= 0.3 is 0 Å². The minimum atomic E-state index is 0.0424. The number of nitrogens with zero attached hydrogens (tertiary/aromatic N) is 3. The number of pyridine rings is 1. The zero-order valence-corrected chi connectivity index (χ0v) is 24.1. The van der Waals surface area contributed by atoms with Gasteiger partial charge in [-0.3, -0.25) is 9.69 Å². The standard InChI is InChI=1S/C32H34BrN3O2/c1-32(2,3)23-11-9-22(10-12-23)21-35-15-17-36(18-16-35)31(37)27-20-29(25-7-5-6-8-30(25)38-4)34-28-14-13-24(33)19-26(27)28/h5-14,19-20H,15-18,21H2,1-4H3. The lowest BCUT2D eigenvalue weighted by atomic mass is 9.87. The Bertz CT molecular complexity index is 1450. The molecule has 0 bridgehead atoms. The van der Waals surface area contributed by atoms with Crippen LogP contribution in [0.15, 0.2) is 77.3 Å². The Morgan fingerprint density at radius 3 is 2.34 bits per heavy atom. The second kappa shape index (κ2) is 10.9. The molecule has 5 rings (SSSR count). The maximum atomic E-state index is 13.9. The summed E-state index contributed by atoms with van der Waals surface area (Å²) in [6, 6.07) is 24.6. The number of halogens is 1. The van der Waals surface area contributed by atoms with E-state index in [0.29, 0.717) is 18.7 Å². The number of aromatic nitrogens is 1. The van der Waals surface area contributed by atoms with Crippen LogP contribution in [-0.2, 0) is 12.0 Å². The Hall–Kier alpha value is -3.22. The molecule has 1 aliphatic rings. The van der Waals surface area contributed by atoms with Crippen LogP contribution in [-0.4, -0.2) is 54.0 Å². The van der Waals surface area contributed by atoms with Crippen molar-refractivity contribution in [2.24, 2.45) is 0 Å². The summed E-state index contributed by atoms with van der Waals surface area (Å²) in [5.74, 6) is 0.778. The van der Waals surface area contributed by atoms with E-state index in [2.05, 4.69) is 65.9 Å². The highest BCUT2D eigenvalue weighted by atomic mass is 79.9. The molecule has 196 valence electrons. The number of methoxy groups -OCH3 is 1. The summed E-state index contributed by atoms with van der Waals surface area (Å²) in [5.41, 5.74) is 5.88. The van der Waals surface area contributed by atoms with Crippen LogP contribution < -0.4 is 4.74 Å². The summed E-state index contributed by atoms with van der Waals surface area (Å²) in [5, 5.41) is 0.851. The molecule has 3 aromatic carbocycles. The van der Waals surface area contributed by atoms with E-state index in [1.54, 1.807) is 7.11 Å². The van der Waals surface area contributed by atoms with Crippen molar-refractivity contribution in [2.45, 2.75) is 32.7 Å². The second-order valence-electron chi connectivity index (χ2n) is 10.9. The molecule has 4 aromatic rings. The van der Waals surface area contributed by atoms with Crippen molar-refractivity contribution in [2.75, 3.05) is 33.3 Å². The van der Waals surface area contributed by atoms with Gasteiger partial charge in [0.2, 0.25) is 0 Å². The molecule has 1 saturated heterocycles. The highest BCUT2D eigenvalue weighted by Crippen LogP contribution is 2.33. The molecule has 1 amide bonds. The first kappa shape index (κ1) is 26.4. The van der Waals surface area contributed by atoms with Gasteiger partial charge in [0.25, 0.3) is 5.91 Å². The number of hydrogen-bond acceptors (Lipinski definition) is 4. The van der Waals surface area contributed by atoms with Crippen LogP contribution in [0, 0.1) is 0 Å². The van der Waals surface area contributed by atoms with Gasteiger partial charge in [-0.1, -0.05) is 73.1 Å². The van der Waals surface area contributed by atoms with Crippen LogP contribution >= 0.6 is 15.9 Å². The molecule has 0 unspecified atom stereocenters.